The lowest BCUT2D eigenvalue weighted by molar-refractivity contribution is -0.139. The molecule has 0 saturated heterocycles. The number of esters is 1. The summed E-state index contributed by atoms with van der Waals surface area (Å²) < 4.78 is 56.5. The molecular formula is C13H10F4N2O2. The normalized spacial score (nSPS) is 11.5. The maximum Gasteiger partial charge on any atom is 0.419 e. The first-order valence-electron chi connectivity index (χ1n) is 5.93. The third-order valence-electron chi connectivity index (χ3n) is 2.65. The number of ether oxygens (including phenoxy) is 1. The van der Waals surface area contributed by atoms with Crippen LogP contribution in [0.25, 0.3) is 11.3 Å². The molecule has 0 radical (unpaired) electrons. The van der Waals surface area contributed by atoms with Crippen molar-refractivity contribution in [2.24, 2.45) is 0 Å². The molecule has 1 N–H and O–H groups in total. The van der Waals surface area contributed by atoms with Gasteiger partial charge in [0.1, 0.15) is 11.5 Å². The van der Waals surface area contributed by atoms with Crippen LogP contribution >= 0.6 is 0 Å². The second-order valence-electron chi connectivity index (χ2n) is 4.05. The molecule has 1 aromatic carbocycles. The molecule has 0 unspecified atom stereocenters. The number of halogens is 4. The van der Waals surface area contributed by atoms with E-state index in [1.807, 2.05) is 0 Å². The standard InChI is InChI=1S/C13H10F4N2O2/c1-2-21-12(20)10-6-9(18-19-10)7-4-3-5-8(11(7)14)13(15,16)17/h3-6H,2H2,1H3,(H,18,19). The fraction of sp³-hybridized carbons (Fsp3) is 0.231. The highest BCUT2D eigenvalue weighted by atomic mass is 19.4. The van der Waals surface area contributed by atoms with Crippen LogP contribution in [0, 0.1) is 5.82 Å². The molecule has 0 saturated carbocycles. The van der Waals surface area contributed by atoms with E-state index < -0.39 is 23.5 Å². The maximum absolute atomic E-state index is 13.9. The molecule has 0 spiro atoms. The molecule has 0 aliphatic heterocycles. The highest BCUT2D eigenvalue weighted by Gasteiger charge is 2.35. The van der Waals surface area contributed by atoms with Crippen LogP contribution in [0.2, 0.25) is 0 Å². The van der Waals surface area contributed by atoms with Gasteiger partial charge in [-0.1, -0.05) is 6.07 Å². The van der Waals surface area contributed by atoms with Gasteiger partial charge >= 0.3 is 12.1 Å². The second kappa shape index (κ2) is 5.55. The lowest BCUT2D eigenvalue weighted by atomic mass is 10.1. The highest BCUT2D eigenvalue weighted by molar-refractivity contribution is 5.88. The molecule has 2 aromatic rings. The number of aromatic nitrogens is 2. The fourth-order valence-corrected chi connectivity index (χ4v) is 1.72. The van der Waals surface area contributed by atoms with Crippen molar-refractivity contribution in [1.29, 1.82) is 0 Å². The molecule has 2 rings (SSSR count). The number of hydrogen-bond donors (Lipinski definition) is 1. The Bertz CT molecular complexity index is 664. The molecule has 112 valence electrons. The van der Waals surface area contributed by atoms with Crippen molar-refractivity contribution >= 4 is 5.97 Å². The SMILES string of the molecule is CCOC(=O)c1cc(-c2cccc(C(F)(F)F)c2F)n[nH]1. The molecule has 21 heavy (non-hydrogen) atoms. The monoisotopic (exact) mass is 302 g/mol. The summed E-state index contributed by atoms with van der Waals surface area (Å²) in [5.41, 5.74) is -1.91. The van der Waals surface area contributed by atoms with E-state index in [9.17, 15) is 22.4 Å². The minimum absolute atomic E-state index is 0.0661. The molecule has 4 nitrogen and oxygen atoms in total. The van der Waals surface area contributed by atoms with Crippen molar-refractivity contribution in [2.75, 3.05) is 6.61 Å². The number of alkyl halides is 3. The van der Waals surface area contributed by atoms with Gasteiger partial charge < -0.3 is 4.74 Å². The molecule has 0 fully saturated rings. The van der Waals surface area contributed by atoms with Gasteiger partial charge in [-0.05, 0) is 25.1 Å². The Balaban J connectivity index is 2.42. The number of hydrogen-bond acceptors (Lipinski definition) is 3. The minimum Gasteiger partial charge on any atom is -0.461 e. The Morgan fingerprint density at radius 1 is 1.38 bits per heavy atom. The summed E-state index contributed by atoms with van der Waals surface area (Å²) in [6.07, 6.45) is -4.81. The van der Waals surface area contributed by atoms with Gasteiger partial charge in [0.2, 0.25) is 0 Å². The van der Waals surface area contributed by atoms with E-state index in [1.165, 1.54) is 0 Å². The molecule has 1 aromatic heterocycles. The molecule has 8 heteroatoms. The Morgan fingerprint density at radius 3 is 2.71 bits per heavy atom. The predicted molar refractivity (Wildman–Crippen MR) is 64.9 cm³/mol. The lowest BCUT2D eigenvalue weighted by Gasteiger charge is -2.09. The first kappa shape index (κ1) is 15.0. The molecule has 0 aliphatic carbocycles. The summed E-state index contributed by atoms with van der Waals surface area (Å²) in [6, 6.07) is 3.99. The molecule has 0 bridgehead atoms. The first-order chi connectivity index (χ1) is 9.84. The number of nitrogens with zero attached hydrogens (tertiary/aromatic N) is 1. The van der Waals surface area contributed by atoms with Crippen LogP contribution in [0.5, 0.6) is 0 Å². The Morgan fingerprint density at radius 2 is 2.10 bits per heavy atom. The van der Waals surface area contributed by atoms with E-state index in [0.29, 0.717) is 6.07 Å². The summed E-state index contributed by atoms with van der Waals surface area (Å²) in [7, 11) is 0. The Hall–Kier alpha value is -2.38. The lowest BCUT2D eigenvalue weighted by Crippen LogP contribution is -2.08. The number of nitrogens with one attached hydrogen (secondary N) is 1. The van der Waals surface area contributed by atoms with Crippen LogP contribution in [0.15, 0.2) is 24.3 Å². The van der Waals surface area contributed by atoms with Gasteiger partial charge in [-0.15, -0.1) is 0 Å². The average Bonchev–Trinajstić information content (AvgIpc) is 2.87. The number of carbonyl (C=O) groups is 1. The van der Waals surface area contributed by atoms with E-state index >= 15 is 0 Å². The van der Waals surface area contributed by atoms with Crippen molar-refractivity contribution in [3.05, 3.63) is 41.3 Å². The van der Waals surface area contributed by atoms with Crippen molar-refractivity contribution < 1.29 is 27.1 Å². The molecule has 0 aliphatic rings. The van der Waals surface area contributed by atoms with Crippen molar-refractivity contribution in [3.8, 4) is 11.3 Å². The first-order valence-corrected chi connectivity index (χ1v) is 5.93. The van der Waals surface area contributed by atoms with Crippen LogP contribution in [0.1, 0.15) is 23.0 Å². The van der Waals surface area contributed by atoms with E-state index in [-0.39, 0.29) is 23.6 Å². The van der Waals surface area contributed by atoms with Gasteiger partial charge in [0, 0.05) is 5.56 Å². The summed E-state index contributed by atoms with van der Waals surface area (Å²) in [5.74, 6) is -2.16. The zero-order valence-electron chi connectivity index (χ0n) is 10.8. The van der Waals surface area contributed by atoms with Gasteiger partial charge in [0.15, 0.2) is 0 Å². The quantitative estimate of drug-likeness (QED) is 0.698. The number of H-pyrrole nitrogens is 1. The predicted octanol–water partition coefficient (Wildman–Crippen LogP) is 3.41. The summed E-state index contributed by atoms with van der Waals surface area (Å²) in [6.45, 7) is 1.73. The highest BCUT2D eigenvalue weighted by Crippen LogP contribution is 2.35. The van der Waals surface area contributed by atoms with Crippen molar-refractivity contribution in [1.82, 2.24) is 10.2 Å². The second-order valence-corrected chi connectivity index (χ2v) is 4.05. The number of carbonyl (C=O) groups excluding carboxylic acids is 1. The third-order valence-corrected chi connectivity index (χ3v) is 2.65. The molecule has 0 amide bonds. The number of aromatic amines is 1. The fourth-order valence-electron chi connectivity index (χ4n) is 1.72. The number of rotatable bonds is 3. The average molecular weight is 302 g/mol. The Labute approximate surface area is 116 Å². The topological polar surface area (TPSA) is 55.0 Å². The van der Waals surface area contributed by atoms with Crippen molar-refractivity contribution in [2.45, 2.75) is 13.1 Å². The number of benzene rings is 1. The third kappa shape index (κ3) is 3.04. The van der Waals surface area contributed by atoms with Crippen LogP contribution in [-0.2, 0) is 10.9 Å². The molecule has 1 heterocycles. The van der Waals surface area contributed by atoms with Crippen LogP contribution in [0.4, 0.5) is 17.6 Å². The molecule has 0 atom stereocenters. The smallest absolute Gasteiger partial charge is 0.419 e. The van der Waals surface area contributed by atoms with E-state index in [0.717, 1.165) is 18.2 Å². The van der Waals surface area contributed by atoms with E-state index in [4.69, 9.17) is 4.74 Å². The summed E-state index contributed by atoms with van der Waals surface area (Å²) >= 11 is 0. The van der Waals surface area contributed by atoms with Gasteiger partial charge in [0.25, 0.3) is 0 Å². The van der Waals surface area contributed by atoms with Crippen LogP contribution in [0.3, 0.4) is 0 Å². The van der Waals surface area contributed by atoms with E-state index in [1.54, 1.807) is 6.92 Å². The van der Waals surface area contributed by atoms with Crippen molar-refractivity contribution in [3.63, 3.8) is 0 Å². The zero-order chi connectivity index (χ0) is 15.6. The van der Waals surface area contributed by atoms with E-state index in [2.05, 4.69) is 10.2 Å². The van der Waals surface area contributed by atoms with Gasteiger partial charge in [0.05, 0.1) is 17.9 Å². The zero-order valence-corrected chi connectivity index (χ0v) is 10.8. The minimum atomic E-state index is -4.81. The summed E-state index contributed by atoms with van der Waals surface area (Å²) in [4.78, 5) is 11.4. The largest absolute Gasteiger partial charge is 0.461 e. The molecular weight excluding hydrogens is 292 g/mol. The Kier molecular flexibility index (Phi) is 3.97. The summed E-state index contributed by atoms with van der Waals surface area (Å²) in [5, 5.41) is 5.94. The van der Waals surface area contributed by atoms with Gasteiger partial charge in [-0.2, -0.15) is 18.3 Å². The maximum atomic E-state index is 13.9. The van der Waals surface area contributed by atoms with Gasteiger partial charge in [-0.3, -0.25) is 5.10 Å². The van der Waals surface area contributed by atoms with Crippen LogP contribution in [-0.4, -0.2) is 22.8 Å². The van der Waals surface area contributed by atoms with Gasteiger partial charge in [-0.25, -0.2) is 9.18 Å². The van der Waals surface area contributed by atoms with Crippen LogP contribution < -0.4 is 0 Å².